The van der Waals surface area contributed by atoms with Gasteiger partial charge < -0.3 is 17.0 Å². The van der Waals surface area contributed by atoms with Crippen LogP contribution in [0.5, 0.6) is 0 Å². The van der Waals surface area contributed by atoms with Crippen LogP contribution in [0, 0.1) is 17.1 Å². The maximum atomic E-state index is 14.4. The van der Waals surface area contributed by atoms with Crippen LogP contribution in [0.2, 0.25) is 0 Å². The monoisotopic (exact) mass is 475 g/mol. The molecule has 4 aromatic carbocycles. The Bertz CT molecular complexity index is 1050. The standard InChI is InChI=1S/C26H20FNP.BrH/c27-26-18-21(16-17-22(26)19-28)20-29(23-10-4-1-5-11-23,24-12-6-2-7-13-24)25-14-8-3-9-15-25;/h1-18H,20H2;1H/q+1;/p-1. The summed E-state index contributed by atoms with van der Waals surface area (Å²) in [4.78, 5) is 0. The molecular formula is C26H20BrFNP. The van der Waals surface area contributed by atoms with Crippen molar-refractivity contribution in [3.8, 4) is 6.07 Å². The fraction of sp³-hybridized carbons (Fsp3) is 0.0385. The highest BCUT2D eigenvalue weighted by atomic mass is 79.9. The predicted octanol–water partition coefficient (Wildman–Crippen LogP) is 2.20. The number of rotatable bonds is 5. The molecule has 0 aliphatic carbocycles. The van der Waals surface area contributed by atoms with Gasteiger partial charge in [0.1, 0.15) is 35.1 Å². The van der Waals surface area contributed by atoms with Gasteiger partial charge in [-0.15, -0.1) is 0 Å². The third-order valence-electron chi connectivity index (χ3n) is 5.16. The van der Waals surface area contributed by atoms with Crippen molar-refractivity contribution in [1.29, 1.82) is 5.26 Å². The number of nitriles is 1. The number of hydrogen-bond acceptors (Lipinski definition) is 1. The van der Waals surface area contributed by atoms with Gasteiger partial charge in [-0.25, -0.2) is 4.39 Å². The molecule has 0 saturated heterocycles. The van der Waals surface area contributed by atoms with Crippen LogP contribution in [0.15, 0.2) is 109 Å². The first-order valence-corrected chi connectivity index (χ1v) is 11.4. The Balaban J connectivity index is 0.00000256. The Labute approximate surface area is 187 Å². The van der Waals surface area contributed by atoms with Crippen molar-refractivity contribution in [2.75, 3.05) is 0 Å². The average molecular weight is 476 g/mol. The molecule has 4 rings (SSSR count). The summed E-state index contributed by atoms with van der Waals surface area (Å²) in [7, 11) is -2.07. The molecule has 30 heavy (non-hydrogen) atoms. The molecule has 4 heteroatoms. The van der Waals surface area contributed by atoms with E-state index in [1.807, 2.05) is 30.3 Å². The molecule has 0 radical (unpaired) electrons. The minimum Gasteiger partial charge on any atom is -1.00 e. The van der Waals surface area contributed by atoms with Crippen LogP contribution in [-0.4, -0.2) is 0 Å². The van der Waals surface area contributed by atoms with Gasteiger partial charge >= 0.3 is 0 Å². The molecular weight excluding hydrogens is 456 g/mol. The van der Waals surface area contributed by atoms with Crippen LogP contribution in [0.1, 0.15) is 11.1 Å². The minimum absolute atomic E-state index is 0. The summed E-state index contributed by atoms with van der Waals surface area (Å²) in [5.74, 6) is -0.461. The second kappa shape index (κ2) is 9.81. The van der Waals surface area contributed by atoms with Crippen molar-refractivity contribution >= 4 is 23.2 Å². The van der Waals surface area contributed by atoms with Crippen molar-refractivity contribution < 1.29 is 21.4 Å². The summed E-state index contributed by atoms with van der Waals surface area (Å²) < 4.78 is 14.4. The van der Waals surface area contributed by atoms with E-state index in [0.29, 0.717) is 6.16 Å². The molecule has 0 spiro atoms. The van der Waals surface area contributed by atoms with Crippen LogP contribution < -0.4 is 32.9 Å². The zero-order chi connectivity index (χ0) is 20.1. The van der Waals surface area contributed by atoms with Gasteiger partial charge in [0, 0.05) is 0 Å². The van der Waals surface area contributed by atoms with E-state index in [2.05, 4.69) is 72.8 Å². The summed E-state index contributed by atoms with van der Waals surface area (Å²) in [6.07, 6.45) is 0.688. The van der Waals surface area contributed by atoms with E-state index in [0.717, 1.165) is 5.56 Å². The molecule has 0 fully saturated rings. The van der Waals surface area contributed by atoms with Gasteiger partial charge in [0.05, 0.1) is 11.7 Å². The molecule has 0 bridgehead atoms. The Morgan fingerprint density at radius 2 is 1.10 bits per heavy atom. The van der Waals surface area contributed by atoms with E-state index in [-0.39, 0.29) is 22.5 Å². The third-order valence-corrected chi connectivity index (χ3v) is 9.54. The third kappa shape index (κ3) is 4.21. The van der Waals surface area contributed by atoms with Crippen LogP contribution in [0.4, 0.5) is 4.39 Å². The largest absolute Gasteiger partial charge is 1.00 e. The molecule has 0 aromatic heterocycles. The number of halogens is 2. The van der Waals surface area contributed by atoms with E-state index >= 15 is 0 Å². The van der Waals surface area contributed by atoms with Crippen LogP contribution >= 0.6 is 7.26 Å². The van der Waals surface area contributed by atoms with E-state index in [9.17, 15) is 4.39 Å². The van der Waals surface area contributed by atoms with Gasteiger partial charge in [-0.1, -0.05) is 60.7 Å². The first-order valence-electron chi connectivity index (χ1n) is 9.47. The lowest BCUT2D eigenvalue weighted by Gasteiger charge is -2.27. The average Bonchev–Trinajstić information content (AvgIpc) is 2.79. The first kappa shape index (κ1) is 21.9. The van der Waals surface area contributed by atoms with E-state index in [1.165, 1.54) is 22.0 Å². The minimum atomic E-state index is -2.07. The highest BCUT2D eigenvalue weighted by Crippen LogP contribution is 2.58. The fourth-order valence-corrected chi connectivity index (χ4v) is 8.02. The molecule has 0 amide bonds. The van der Waals surface area contributed by atoms with Gasteiger partial charge in [0.15, 0.2) is 0 Å². The van der Waals surface area contributed by atoms with Gasteiger partial charge in [-0.3, -0.25) is 0 Å². The quantitative estimate of drug-likeness (QED) is 0.406. The molecule has 148 valence electrons. The van der Waals surface area contributed by atoms with Crippen molar-refractivity contribution in [1.82, 2.24) is 0 Å². The molecule has 0 aliphatic heterocycles. The number of nitrogens with zero attached hydrogens (tertiary/aromatic N) is 1. The Morgan fingerprint density at radius 3 is 1.47 bits per heavy atom. The van der Waals surface area contributed by atoms with Crippen molar-refractivity contribution in [2.45, 2.75) is 6.16 Å². The van der Waals surface area contributed by atoms with E-state index < -0.39 is 13.1 Å². The summed E-state index contributed by atoms with van der Waals surface area (Å²) in [6, 6.07) is 38.4. The summed E-state index contributed by atoms with van der Waals surface area (Å²) in [5, 5.41) is 12.8. The Morgan fingerprint density at radius 1 is 0.667 bits per heavy atom. The van der Waals surface area contributed by atoms with Crippen molar-refractivity contribution in [3.05, 3.63) is 126 Å². The normalized spacial score (nSPS) is 10.7. The molecule has 0 aliphatic rings. The molecule has 0 unspecified atom stereocenters. The van der Waals surface area contributed by atoms with Crippen LogP contribution in [0.25, 0.3) is 0 Å². The van der Waals surface area contributed by atoms with Gasteiger partial charge in [0.25, 0.3) is 0 Å². The summed E-state index contributed by atoms with van der Waals surface area (Å²) in [6.45, 7) is 0. The van der Waals surface area contributed by atoms with Crippen molar-refractivity contribution in [2.24, 2.45) is 0 Å². The van der Waals surface area contributed by atoms with Crippen LogP contribution in [0.3, 0.4) is 0 Å². The van der Waals surface area contributed by atoms with Crippen molar-refractivity contribution in [3.63, 3.8) is 0 Å². The highest BCUT2D eigenvalue weighted by Gasteiger charge is 2.45. The second-order valence-corrected chi connectivity index (χ2v) is 10.4. The fourth-order valence-electron chi connectivity index (χ4n) is 3.79. The summed E-state index contributed by atoms with van der Waals surface area (Å²) in [5.41, 5.74) is 0.975. The van der Waals surface area contributed by atoms with Gasteiger partial charge in [-0.2, -0.15) is 5.26 Å². The SMILES string of the molecule is N#Cc1ccc(C[P+](c2ccccc2)(c2ccccc2)c2ccccc2)cc1F.[Br-]. The van der Waals surface area contributed by atoms with Crippen LogP contribution in [-0.2, 0) is 6.16 Å². The lowest BCUT2D eigenvalue weighted by Crippen LogP contribution is -3.00. The number of hydrogen-bond donors (Lipinski definition) is 0. The molecule has 0 saturated carbocycles. The van der Waals surface area contributed by atoms with E-state index in [1.54, 1.807) is 6.07 Å². The number of benzene rings is 4. The molecule has 0 atom stereocenters. The Hall–Kier alpha value is -2.79. The molecule has 1 nitrogen and oxygen atoms in total. The van der Waals surface area contributed by atoms with Gasteiger partial charge in [0.2, 0.25) is 0 Å². The molecule has 0 heterocycles. The lowest BCUT2D eigenvalue weighted by atomic mass is 10.1. The smallest absolute Gasteiger partial charge is 0.141 e. The Kier molecular flexibility index (Phi) is 7.16. The van der Waals surface area contributed by atoms with Gasteiger partial charge in [-0.05, 0) is 54.1 Å². The summed E-state index contributed by atoms with van der Waals surface area (Å²) >= 11 is 0. The first-order chi connectivity index (χ1) is 14.2. The molecule has 0 N–H and O–H groups in total. The zero-order valence-electron chi connectivity index (χ0n) is 16.2. The maximum absolute atomic E-state index is 14.4. The van der Waals surface area contributed by atoms with E-state index in [4.69, 9.17) is 5.26 Å². The lowest BCUT2D eigenvalue weighted by molar-refractivity contribution is -0.00000648. The maximum Gasteiger partial charge on any atom is 0.141 e. The second-order valence-electron chi connectivity index (χ2n) is 6.90. The highest BCUT2D eigenvalue weighted by molar-refractivity contribution is 7.95. The topological polar surface area (TPSA) is 23.8 Å². The zero-order valence-corrected chi connectivity index (χ0v) is 18.7. The molecule has 4 aromatic rings. The predicted molar refractivity (Wildman–Crippen MR) is 120 cm³/mol.